The summed E-state index contributed by atoms with van der Waals surface area (Å²) in [6.45, 7) is 4.36. The number of phosphoric acid groups is 1. The van der Waals surface area contributed by atoms with Gasteiger partial charge in [0, 0.05) is 12.8 Å². The first kappa shape index (κ1) is 92.9. The third-order valence-electron chi connectivity index (χ3n) is 18.1. The molecule has 0 spiro atoms. The fraction of sp³-hybridized carbons (Fsp3) is 0.791. The summed E-state index contributed by atoms with van der Waals surface area (Å²) in [5.41, 5.74) is 0. The van der Waals surface area contributed by atoms with Gasteiger partial charge >= 0.3 is 19.8 Å². The van der Waals surface area contributed by atoms with E-state index in [0.717, 1.165) is 77.0 Å². The van der Waals surface area contributed by atoms with Crippen LogP contribution >= 0.6 is 7.82 Å². The monoisotopic (exact) mass is 1360 g/mol. The van der Waals surface area contributed by atoms with Gasteiger partial charge in [-0.3, -0.25) is 18.6 Å². The molecule has 0 aliphatic rings. The van der Waals surface area contributed by atoms with Gasteiger partial charge in [0.05, 0.1) is 27.7 Å². The van der Waals surface area contributed by atoms with Gasteiger partial charge in [-0.2, -0.15) is 0 Å². The molecule has 0 amide bonds. The van der Waals surface area contributed by atoms with Crippen LogP contribution in [0.2, 0.25) is 0 Å². The van der Waals surface area contributed by atoms with Gasteiger partial charge in [0.2, 0.25) is 0 Å². The molecule has 0 aliphatic heterocycles. The van der Waals surface area contributed by atoms with Crippen LogP contribution in [-0.4, -0.2) is 74.9 Å². The van der Waals surface area contributed by atoms with Crippen LogP contribution in [0.4, 0.5) is 0 Å². The molecule has 2 unspecified atom stereocenters. The van der Waals surface area contributed by atoms with Crippen LogP contribution in [-0.2, 0) is 32.7 Å². The minimum atomic E-state index is -4.40. The number of carbonyl (C=O) groups excluding carboxylic acids is 2. The number of hydrogen-bond donors (Lipinski definition) is 1. The van der Waals surface area contributed by atoms with Crippen molar-refractivity contribution in [2.24, 2.45) is 0 Å². The molecular weight excluding hydrogens is 1210 g/mol. The number of esters is 2. The summed E-state index contributed by atoms with van der Waals surface area (Å²) in [6, 6.07) is 0. The molecule has 0 aromatic heterocycles. The minimum Gasteiger partial charge on any atom is -0.462 e. The maximum absolute atomic E-state index is 12.9. The van der Waals surface area contributed by atoms with Crippen LogP contribution in [0.1, 0.15) is 386 Å². The van der Waals surface area contributed by atoms with Gasteiger partial charge in [-0.25, -0.2) is 4.57 Å². The van der Waals surface area contributed by atoms with E-state index in [1.54, 1.807) is 0 Å². The maximum Gasteiger partial charge on any atom is 0.472 e. The molecular formula is C86H157NO8P+. The highest BCUT2D eigenvalue weighted by molar-refractivity contribution is 7.47. The quantitative estimate of drug-likeness (QED) is 0.0211. The molecule has 558 valence electrons. The normalized spacial score (nSPS) is 13.5. The lowest BCUT2D eigenvalue weighted by Crippen LogP contribution is -2.37. The lowest BCUT2D eigenvalue weighted by Gasteiger charge is -2.24. The molecule has 2 atom stereocenters. The fourth-order valence-corrected chi connectivity index (χ4v) is 12.6. The first-order chi connectivity index (χ1) is 47.0. The summed E-state index contributed by atoms with van der Waals surface area (Å²) in [6.07, 6.45) is 107. The summed E-state index contributed by atoms with van der Waals surface area (Å²) < 4.78 is 34.8. The lowest BCUT2D eigenvalue weighted by molar-refractivity contribution is -0.870. The minimum absolute atomic E-state index is 0.0316. The average Bonchev–Trinajstić information content (AvgIpc) is 1.48. The number of phosphoric ester groups is 1. The van der Waals surface area contributed by atoms with Crippen molar-refractivity contribution in [3.8, 4) is 0 Å². The van der Waals surface area contributed by atoms with E-state index in [2.05, 4.69) is 111 Å². The summed E-state index contributed by atoms with van der Waals surface area (Å²) >= 11 is 0. The van der Waals surface area contributed by atoms with Crippen molar-refractivity contribution in [1.29, 1.82) is 0 Å². The predicted octanol–water partition coefficient (Wildman–Crippen LogP) is 27.4. The van der Waals surface area contributed by atoms with E-state index in [4.69, 9.17) is 18.5 Å². The molecule has 0 radical (unpaired) electrons. The first-order valence-electron chi connectivity index (χ1n) is 41.0. The number of hydrogen-bond acceptors (Lipinski definition) is 7. The molecule has 1 N–H and O–H groups in total. The molecule has 0 saturated carbocycles. The van der Waals surface area contributed by atoms with Crippen LogP contribution in [0, 0.1) is 0 Å². The van der Waals surface area contributed by atoms with Crippen molar-refractivity contribution in [3.05, 3.63) is 97.2 Å². The van der Waals surface area contributed by atoms with Crippen LogP contribution in [0.5, 0.6) is 0 Å². The summed E-state index contributed by atoms with van der Waals surface area (Å²) in [5, 5.41) is 0. The average molecular weight is 1360 g/mol. The standard InChI is InChI=1S/C86H156NO8P/c1-6-8-10-12-14-16-18-20-22-24-26-28-30-32-34-36-38-40-41-42-43-44-45-47-48-50-52-54-56-58-60-62-64-66-68-70-72-74-76-78-85(88)92-82-84(83-94-96(90,91)93-81-80-87(3,4)5)95-86(89)79-77-75-73-71-69-67-65-63-61-59-57-55-53-51-49-46-39-37-35-33-31-29-27-25-23-21-19-17-15-13-11-9-7-2/h9,11,15,17-18,20-21,23-24,26-27,29-30,32-33,35,84H,6-8,10,12-14,16,19,22,25,28,31,34,36-83H2,1-5H3/p+1/b11-9-,17-15-,20-18-,23-21-,26-24-,29-27-,32-30-,35-33-. The number of ether oxygens (including phenoxy) is 2. The molecule has 0 aliphatic carbocycles. The molecule has 0 heterocycles. The van der Waals surface area contributed by atoms with Crippen molar-refractivity contribution >= 4 is 19.8 Å². The van der Waals surface area contributed by atoms with Crippen molar-refractivity contribution < 1.29 is 42.1 Å². The van der Waals surface area contributed by atoms with E-state index < -0.39 is 26.5 Å². The largest absolute Gasteiger partial charge is 0.472 e. The van der Waals surface area contributed by atoms with Crippen LogP contribution in [0.15, 0.2) is 97.2 Å². The van der Waals surface area contributed by atoms with E-state index in [1.807, 2.05) is 21.1 Å². The highest BCUT2D eigenvalue weighted by atomic mass is 31.2. The van der Waals surface area contributed by atoms with E-state index in [1.165, 1.54) is 276 Å². The molecule has 0 aromatic rings. The highest BCUT2D eigenvalue weighted by Crippen LogP contribution is 2.43. The number of carbonyl (C=O) groups is 2. The lowest BCUT2D eigenvalue weighted by atomic mass is 10.0. The Morgan fingerprint density at radius 1 is 0.333 bits per heavy atom. The van der Waals surface area contributed by atoms with Crippen molar-refractivity contribution in [2.45, 2.75) is 392 Å². The van der Waals surface area contributed by atoms with E-state index in [0.29, 0.717) is 23.9 Å². The second-order valence-corrected chi connectivity index (χ2v) is 30.2. The summed E-state index contributed by atoms with van der Waals surface area (Å²) in [4.78, 5) is 36.0. The van der Waals surface area contributed by atoms with Gasteiger partial charge in [0.15, 0.2) is 6.10 Å². The third kappa shape index (κ3) is 79.9. The van der Waals surface area contributed by atoms with Gasteiger partial charge in [0.25, 0.3) is 0 Å². The zero-order valence-electron chi connectivity index (χ0n) is 63.9. The highest BCUT2D eigenvalue weighted by Gasteiger charge is 2.27. The number of quaternary nitrogens is 1. The molecule has 10 heteroatoms. The van der Waals surface area contributed by atoms with Crippen molar-refractivity contribution in [2.75, 3.05) is 47.5 Å². The zero-order chi connectivity index (χ0) is 69.7. The Hall–Kier alpha value is -3.07. The number of allylic oxidation sites excluding steroid dienone is 16. The molecule has 0 fully saturated rings. The Morgan fingerprint density at radius 3 is 0.885 bits per heavy atom. The molecule has 0 saturated heterocycles. The van der Waals surface area contributed by atoms with Gasteiger partial charge in [-0.1, -0.05) is 374 Å². The Bertz CT molecular complexity index is 1940. The van der Waals surface area contributed by atoms with Gasteiger partial charge in [0.1, 0.15) is 19.8 Å². The van der Waals surface area contributed by atoms with E-state index in [-0.39, 0.29) is 25.6 Å². The molecule has 0 aromatic carbocycles. The van der Waals surface area contributed by atoms with Crippen molar-refractivity contribution in [1.82, 2.24) is 0 Å². The Balaban J connectivity index is 3.92. The van der Waals surface area contributed by atoms with Crippen LogP contribution in [0.3, 0.4) is 0 Å². The predicted molar refractivity (Wildman–Crippen MR) is 418 cm³/mol. The molecule has 96 heavy (non-hydrogen) atoms. The van der Waals surface area contributed by atoms with Gasteiger partial charge in [-0.05, 0) is 96.3 Å². The second kappa shape index (κ2) is 76.1. The number of rotatable bonds is 76. The number of likely N-dealkylation sites (N-methyl/N-ethyl adjacent to an activating group) is 1. The van der Waals surface area contributed by atoms with E-state index >= 15 is 0 Å². The van der Waals surface area contributed by atoms with E-state index in [9.17, 15) is 19.0 Å². The van der Waals surface area contributed by atoms with Crippen LogP contribution in [0.25, 0.3) is 0 Å². The SMILES string of the molecule is CC/C=C\C/C=C\C/C=C\C/C=C\C/C=C\CCCCCCCCCCCCCCCCCCCC(=O)OC(COC(=O)CCCCCCCCCCCCCCCCCCCCCCCCCC/C=C\C/C=C\C/C=C\CCCCCCC)COP(=O)(O)OCC[N+](C)(C)C. The smallest absolute Gasteiger partial charge is 0.462 e. The third-order valence-corrected chi connectivity index (χ3v) is 19.1. The fourth-order valence-electron chi connectivity index (χ4n) is 11.9. The maximum atomic E-state index is 12.9. The Labute approximate surface area is 595 Å². The number of unbranched alkanes of at least 4 members (excludes halogenated alkanes) is 46. The summed E-state index contributed by atoms with van der Waals surface area (Å²) in [7, 11) is 1.49. The molecule has 9 nitrogen and oxygen atoms in total. The Morgan fingerprint density at radius 2 is 0.594 bits per heavy atom. The second-order valence-electron chi connectivity index (χ2n) is 28.8. The molecule has 0 rings (SSSR count). The van der Waals surface area contributed by atoms with Gasteiger partial charge in [-0.15, -0.1) is 0 Å². The molecule has 0 bridgehead atoms. The number of nitrogens with zero attached hydrogens (tertiary/aromatic N) is 1. The Kier molecular flexibility index (Phi) is 73.7. The topological polar surface area (TPSA) is 108 Å². The zero-order valence-corrected chi connectivity index (χ0v) is 64.7. The summed E-state index contributed by atoms with van der Waals surface area (Å²) in [5.74, 6) is -0.780. The van der Waals surface area contributed by atoms with Gasteiger partial charge < -0.3 is 18.9 Å². The van der Waals surface area contributed by atoms with Crippen molar-refractivity contribution in [3.63, 3.8) is 0 Å². The first-order valence-corrected chi connectivity index (χ1v) is 42.5. The van der Waals surface area contributed by atoms with Crippen LogP contribution < -0.4 is 0 Å².